The average Bonchev–Trinajstić information content (AvgIpc) is 2.94. The number of anilines is 1. The lowest BCUT2D eigenvalue weighted by molar-refractivity contribution is 0.312. The lowest BCUT2D eigenvalue weighted by Gasteiger charge is -2.33. The third-order valence-electron chi connectivity index (χ3n) is 3.38. The van der Waals surface area contributed by atoms with Crippen molar-refractivity contribution in [2.75, 3.05) is 38.1 Å². The molecule has 0 amide bonds. The lowest BCUT2D eigenvalue weighted by atomic mass is 10.2. The van der Waals surface area contributed by atoms with Crippen molar-refractivity contribution in [3.05, 3.63) is 35.0 Å². The summed E-state index contributed by atoms with van der Waals surface area (Å²) in [4.78, 5) is 9.51. The Morgan fingerprint density at radius 1 is 1.11 bits per heavy atom. The molecule has 0 spiro atoms. The van der Waals surface area contributed by atoms with Crippen LogP contribution in [-0.4, -0.2) is 43.1 Å². The van der Waals surface area contributed by atoms with E-state index in [9.17, 15) is 0 Å². The van der Waals surface area contributed by atoms with Gasteiger partial charge in [0.1, 0.15) is 5.82 Å². The van der Waals surface area contributed by atoms with Crippen LogP contribution < -0.4 is 4.90 Å². The monoisotopic (exact) mass is 259 g/mol. The number of likely N-dealkylation sites (N-methyl/N-ethyl adjacent to an activating group) is 1. The van der Waals surface area contributed by atoms with E-state index in [1.165, 1.54) is 5.56 Å². The van der Waals surface area contributed by atoms with Crippen LogP contribution in [0.4, 0.5) is 5.82 Å². The standard InChI is InChI=1S/C14H17N3S/c1-16-6-8-17(9-7-16)14-4-2-3-13(15-14)12-5-10-18-11-12/h2-5,10-11H,6-9H2,1H3. The molecular weight excluding hydrogens is 242 g/mol. The molecule has 1 saturated heterocycles. The van der Waals surface area contributed by atoms with Gasteiger partial charge in [0.2, 0.25) is 0 Å². The molecule has 0 atom stereocenters. The lowest BCUT2D eigenvalue weighted by Crippen LogP contribution is -2.44. The summed E-state index contributed by atoms with van der Waals surface area (Å²) < 4.78 is 0. The van der Waals surface area contributed by atoms with Crippen LogP contribution in [0.5, 0.6) is 0 Å². The van der Waals surface area contributed by atoms with Crippen molar-refractivity contribution in [3.63, 3.8) is 0 Å². The van der Waals surface area contributed by atoms with E-state index < -0.39 is 0 Å². The van der Waals surface area contributed by atoms with Crippen molar-refractivity contribution in [3.8, 4) is 11.3 Å². The van der Waals surface area contributed by atoms with Gasteiger partial charge in [-0.15, -0.1) is 0 Å². The molecule has 0 saturated carbocycles. The van der Waals surface area contributed by atoms with Gasteiger partial charge in [0.15, 0.2) is 0 Å². The number of rotatable bonds is 2. The van der Waals surface area contributed by atoms with Crippen LogP contribution in [0.2, 0.25) is 0 Å². The zero-order valence-electron chi connectivity index (χ0n) is 10.5. The SMILES string of the molecule is CN1CCN(c2cccc(-c3ccsc3)n2)CC1. The van der Waals surface area contributed by atoms with Crippen molar-refractivity contribution in [1.82, 2.24) is 9.88 Å². The van der Waals surface area contributed by atoms with Gasteiger partial charge in [-0.25, -0.2) is 4.98 Å². The molecule has 0 bridgehead atoms. The van der Waals surface area contributed by atoms with E-state index in [0.717, 1.165) is 37.7 Å². The molecule has 2 aromatic rings. The Kier molecular flexibility index (Phi) is 3.30. The Bertz CT molecular complexity index is 502. The molecule has 3 heterocycles. The van der Waals surface area contributed by atoms with Gasteiger partial charge in [-0.1, -0.05) is 6.07 Å². The molecule has 3 rings (SSSR count). The maximum absolute atomic E-state index is 4.78. The zero-order valence-corrected chi connectivity index (χ0v) is 11.4. The zero-order chi connectivity index (χ0) is 12.4. The first-order valence-electron chi connectivity index (χ1n) is 6.26. The topological polar surface area (TPSA) is 19.4 Å². The maximum atomic E-state index is 4.78. The quantitative estimate of drug-likeness (QED) is 0.826. The van der Waals surface area contributed by atoms with Crippen molar-refractivity contribution in [2.45, 2.75) is 0 Å². The van der Waals surface area contributed by atoms with E-state index in [-0.39, 0.29) is 0 Å². The highest BCUT2D eigenvalue weighted by molar-refractivity contribution is 7.08. The molecule has 4 heteroatoms. The second-order valence-electron chi connectivity index (χ2n) is 4.68. The molecule has 0 unspecified atom stereocenters. The third kappa shape index (κ3) is 2.40. The highest BCUT2D eigenvalue weighted by Crippen LogP contribution is 2.23. The summed E-state index contributed by atoms with van der Waals surface area (Å²) in [6.07, 6.45) is 0. The molecule has 0 radical (unpaired) electrons. The van der Waals surface area contributed by atoms with Gasteiger partial charge < -0.3 is 9.80 Å². The summed E-state index contributed by atoms with van der Waals surface area (Å²) in [5.74, 6) is 1.10. The van der Waals surface area contributed by atoms with E-state index >= 15 is 0 Å². The van der Waals surface area contributed by atoms with E-state index in [0.29, 0.717) is 0 Å². The molecule has 3 nitrogen and oxygen atoms in total. The first-order chi connectivity index (χ1) is 8.83. The first-order valence-corrected chi connectivity index (χ1v) is 7.20. The number of hydrogen-bond donors (Lipinski definition) is 0. The molecule has 1 aliphatic heterocycles. The van der Waals surface area contributed by atoms with Crippen LogP contribution in [0.15, 0.2) is 35.0 Å². The van der Waals surface area contributed by atoms with E-state index in [1.807, 2.05) is 0 Å². The van der Waals surface area contributed by atoms with Crippen molar-refractivity contribution in [2.24, 2.45) is 0 Å². The fourth-order valence-corrected chi connectivity index (χ4v) is 2.86. The van der Waals surface area contributed by atoms with Crippen LogP contribution >= 0.6 is 11.3 Å². The minimum absolute atomic E-state index is 1.07. The second kappa shape index (κ2) is 5.08. The van der Waals surface area contributed by atoms with Gasteiger partial charge in [-0.05, 0) is 30.6 Å². The number of aromatic nitrogens is 1. The van der Waals surface area contributed by atoms with Gasteiger partial charge in [-0.2, -0.15) is 11.3 Å². The fourth-order valence-electron chi connectivity index (χ4n) is 2.21. The van der Waals surface area contributed by atoms with E-state index in [1.54, 1.807) is 11.3 Å². The second-order valence-corrected chi connectivity index (χ2v) is 5.46. The van der Waals surface area contributed by atoms with Crippen molar-refractivity contribution in [1.29, 1.82) is 0 Å². The normalized spacial score (nSPS) is 17.1. The van der Waals surface area contributed by atoms with Gasteiger partial charge in [0, 0.05) is 37.1 Å². The number of hydrogen-bond acceptors (Lipinski definition) is 4. The fraction of sp³-hybridized carbons (Fsp3) is 0.357. The van der Waals surface area contributed by atoms with Crippen molar-refractivity contribution >= 4 is 17.2 Å². The van der Waals surface area contributed by atoms with Gasteiger partial charge in [0.05, 0.1) is 5.69 Å². The largest absolute Gasteiger partial charge is 0.354 e. The Morgan fingerprint density at radius 3 is 2.67 bits per heavy atom. The highest BCUT2D eigenvalue weighted by atomic mass is 32.1. The van der Waals surface area contributed by atoms with Crippen LogP contribution in [0.25, 0.3) is 11.3 Å². The van der Waals surface area contributed by atoms with E-state index in [4.69, 9.17) is 4.98 Å². The van der Waals surface area contributed by atoms with Gasteiger partial charge in [-0.3, -0.25) is 0 Å². The summed E-state index contributed by atoms with van der Waals surface area (Å²) in [6.45, 7) is 4.36. The summed E-state index contributed by atoms with van der Waals surface area (Å²) in [5, 5.41) is 4.25. The summed E-state index contributed by atoms with van der Waals surface area (Å²) in [7, 11) is 2.17. The Balaban J connectivity index is 1.83. The first kappa shape index (κ1) is 11.7. The highest BCUT2D eigenvalue weighted by Gasteiger charge is 2.15. The van der Waals surface area contributed by atoms with Crippen LogP contribution in [0.3, 0.4) is 0 Å². The predicted octanol–water partition coefficient (Wildman–Crippen LogP) is 2.56. The maximum Gasteiger partial charge on any atom is 0.129 e. The van der Waals surface area contributed by atoms with Crippen LogP contribution in [0.1, 0.15) is 0 Å². The van der Waals surface area contributed by atoms with Crippen LogP contribution in [0, 0.1) is 0 Å². The summed E-state index contributed by atoms with van der Waals surface area (Å²) in [6, 6.07) is 8.43. The number of pyridine rings is 1. The molecule has 1 aliphatic rings. The minimum atomic E-state index is 1.07. The number of thiophene rings is 1. The smallest absolute Gasteiger partial charge is 0.129 e. The molecular formula is C14H17N3S. The van der Waals surface area contributed by atoms with Crippen molar-refractivity contribution < 1.29 is 0 Å². The minimum Gasteiger partial charge on any atom is -0.354 e. The number of piperazine rings is 1. The molecule has 0 N–H and O–H groups in total. The van der Waals surface area contributed by atoms with Crippen LogP contribution in [-0.2, 0) is 0 Å². The molecule has 0 aliphatic carbocycles. The molecule has 2 aromatic heterocycles. The average molecular weight is 259 g/mol. The molecule has 94 valence electrons. The Hall–Kier alpha value is -1.39. The summed E-state index contributed by atoms with van der Waals surface area (Å²) in [5.41, 5.74) is 2.30. The number of nitrogens with zero attached hydrogens (tertiary/aromatic N) is 3. The third-order valence-corrected chi connectivity index (χ3v) is 4.06. The Morgan fingerprint density at radius 2 is 1.94 bits per heavy atom. The predicted molar refractivity (Wildman–Crippen MR) is 77.3 cm³/mol. The Labute approximate surface area is 112 Å². The van der Waals surface area contributed by atoms with E-state index in [2.05, 4.69) is 51.9 Å². The van der Waals surface area contributed by atoms with Gasteiger partial charge >= 0.3 is 0 Å². The summed E-state index contributed by atoms with van der Waals surface area (Å²) >= 11 is 1.72. The molecule has 18 heavy (non-hydrogen) atoms. The van der Waals surface area contributed by atoms with Gasteiger partial charge in [0.25, 0.3) is 0 Å². The molecule has 0 aromatic carbocycles. The molecule has 1 fully saturated rings.